The van der Waals surface area contributed by atoms with Crippen LogP contribution in [0.15, 0.2) is 30.3 Å². The molecular formula is C18H18F2IN3O4. The predicted octanol–water partition coefficient (Wildman–Crippen LogP) is 3.52. The summed E-state index contributed by atoms with van der Waals surface area (Å²) in [6, 6.07) is 6.70. The van der Waals surface area contributed by atoms with E-state index in [1.807, 2.05) is 22.6 Å². The van der Waals surface area contributed by atoms with Crippen molar-refractivity contribution in [3.63, 3.8) is 0 Å². The number of ether oxygens (including phenoxy) is 2. The fraction of sp³-hybridized carbons (Fsp3) is 0.333. The quantitative estimate of drug-likeness (QED) is 0.356. The van der Waals surface area contributed by atoms with Gasteiger partial charge in [-0.25, -0.2) is 14.9 Å². The lowest BCUT2D eigenvalue weighted by molar-refractivity contribution is -0.147. The van der Waals surface area contributed by atoms with Gasteiger partial charge in [-0.2, -0.15) is 4.39 Å². The number of aromatic nitrogens is 1. The number of carbonyl (C=O) groups is 1. The van der Waals surface area contributed by atoms with Gasteiger partial charge in [0.2, 0.25) is 5.95 Å². The Bertz CT molecular complexity index is 882. The minimum Gasteiger partial charge on any atom is -0.348 e. The zero-order chi connectivity index (χ0) is 20.3. The Balaban J connectivity index is 1.66. The number of hydroxylamine groups is 1. The number of pyridine rings is 1. The van der Waals surface area contributed by atoms with Gasteiger partial charge in [-0.05, 0) is 66.8 Å². The van der Waals surface area contributed by atoms with Gasteiger partial charge in [0.25, 0.3) is 5.91 Å². The molecule has 7 nitrogen and oxygen atoms in total. The predicted molar refractivity (Wildman–Crippen MR) is 105 cm³/mol. The van der Waals surface area contributed by atoms with Crippen molar-refractivity contribution < 1.29 is 27.9 Å². The Morgan fingerprint density at radius 3 is 2.82 bits per heavy atom. The first-order chi connectivity index (χ1) is 13.2. The standard InChI is InChI=1S/C18H18F2IN3O4/c1-18(2)26-8-11(28-18)9-27-24-17(25)12-4-6-15(20)23-16(12)22-14-5-3-10(21)7-13(14)19/h3-7,11H,8-9H2,1-2H3,(H,22,23)(H,24,25). The van der Waals surface area contributed by atoms with E-state index in [1.165, 1.54) is 18.2 Å². The van der Waals surface area contributed by atoms with Gasteiger partial charge in [0.05, 0.1) is 17.9 Å². The van der Waals surface area contributed by atoms with E-state index >= 15 is 0 Å². The van der Waals surface area contributed by atoms with Crippen molar-refractivity contribution in [2.24, 2.45) is 0 Å². The van der Waals surface area contributed by atoms with Crippen LogP contribution in [0.4, 0.5) is 20.3 Å². The number of benzene rings is 1. The molecule has 1 amide bonds. The van der Waals surface area contributed by atoms with E-state index in [1.54, 1.807) is 19.9 Å². The highest BCUT2D eigenvalue weighted by molar-refractivity contribution is 14.1. The van der Waals surface area contributed by atoms with Crippen LogP contribution in [0.25, 0.3) is 0 Å². The first-order valence-corrected chi connectivity index (χ1v) is 9.44. The van der Waals surface area contributed by atoms with Crippen LogP contribution in [-0.2, 0) is 14.3 Å². The van der Waals surface area contributed by atoms with E-state index in [2.05, 4.69) is 15.8 Å². The molecule has 10 heteroatoms. The zero-order valence-corrected chi connectivity index (χ0v) is 17.2. The largest absolute Gasteiger partial charge is 0.348 e. The minimum atomic E-state index is -0.815. The van der Waals surface area contributed by atoms with Crippen LogP contribution >= 0.6 is 22.6 Å². The van der Waals surface area contributed by atoms with Crippen molar-refractivity contribution in [3.05, 3.63) is 51.2 Å². The topological polar surface area (TPSA) is 81.7 Å². The van der Waals surface area contributed by atoms with Crippen LogP contribution in [-0.4, -0.2) is 36.0 Å². The summed E-state index contributed by atoms with van der Waals surface area (Å²) in [5, 5.41) is 2.64. The van der Waals surface area contributed by atoms with Gasteiger partial charge < -0.3 is 14.8 Å². The molecule has 0 aliphatic carbocycles. The van der Waals surface area contributed by atoms with Crippen LogP contribution in [0.1, 0.15) is 24.2 Å². The fourth-order valence-corrected chi connectivity index (χ4v) is 2.99. The molecule has 3 rings (SSSR count). The van der Waals surface area contributed by atoms with Gasteiger partial charge in [-0.1, -0.05) is 0 Å². The molecule has 1 unspecified atom stereocenters. The van der Waals surface area contributed by atoms with Gasteiger partial charge in [0.15, 0.2) is 5.79 Å². The number of rotatable bonds is 6. The molecule has 2 N–H and O–H groups in total. The third kappa shape index (κ3) is 5.34. The third-order valence-electron chi connectivity index (χ3n) is 3.79. The maximum absolute atomic E-state index is 14.1. The molecule has 0 spiro atoms. The minimum absolute atomic E-state index is 0.0109. The van der Waals surface area contributed by atoms with E-state index in [0.29, 0.717) is 10.2 Å². The van der Waals surface area contributed by atoms with Crippen LogP contribution in [0, 0.1) is 15.3 Å². The number of nitrogens with one attached hydrogen (secondary N) is 2. The summed E-state index contributed by atoms with van der Waals surface area (Å²) >= 11 is 1.97. The highest BCUT2D eigenvalue weighted by Crippen LogP contribution is 2.24. The second-order valence-electron chi connectivity index (χ2n) is 6.47. The summed E-state index contributed by atoms with van der Waals surface area (Å²) in [4.78, 5) is 21.2. The Labute approximate surface area is 173 Å². The second-order valence-corrected chi connectivity index (χ2v) is 7.72. The molecule has 1 atom stereocenters. The van der Waals surface area contributed by atoms with Crippen molar-refractivity contribution >= 4 is 40.0 Å². The highest BCUT2D eigenvalue weighted by atomic mass is 127. The van der Waals surface area contributed by atoms with Gasteiger partial charge >= 0.3 is 0 Å². The summed E-state index contributed by atoms with van der Waals surface area (Å²) < 4.78 is 39.3. The van der Waals surface area contributed by atoms with Crippen molar-refractivity contribution in [1.82, 2.24) is 10.5 Å². The molecule has 0 bridgehead atoms. The van der Waals surface area contributed by atoms with Gasteiger partial charge in [-0.15, -0.1) is 0 Å². The Kier molecular flexibility index (Phi) is 6.43. The lowest BCUT2D eigenvalue weighted by Crippen LogP contribution is -2.31. The molecule has 1 aliphatic rings. The summed E-state index contributed by atoms with van der Waals surface area (Å²) in [5.74, 6) is -2.87. The molecule has 0 radical (unpaired) electrons. The summed E-state index contributed by atoms with van der Waals surface area (Å²) in [7, 11) is 0. The molecule has 28 heavy (non-hydrogen) atoms. The number of anilines is 2. The molecule has 1 fully saturated rings. The van der Waals surface area contributed by atoms with Crippen LogP contribution in [0.5, 0.6) is 0 Å². The Hall–Kier alpha value is -1.89. The lowest BCUT2D eigenvalue weighted by Gasteiger charge is -2.17. The summed E-state index contributed by atoms with van der Waals surface area (Å²) in [5.41, 5.74) is 2.30. The SMILES string of the molecule is CC1(C)OCC(CONC(=O)c2ccc(F)nc2Nc2ccc(I)cc2F)O1. The average Bonchev–Trinajstić information content (AvgIpc) is 2.96. The van der Waals surface area contributed by atoms with Crippen LogP contribution in [0.2, 0.25) is 0 Å². The molecule has 1 aromatic carbocycles. The van der Waals surface area contributed by atoms with E-state index < -0.39 is 23.5 Å². The Morgan fingerprint density at radius 2 is 2.14 bits per heavy atom. The van der Waals surface area contributed by atoms with Crippen molar-refractivity contribution in [2.45, 2.75) is 25.7 Å². The van der Waals surface area contributed by atoms with E-state index in [0.717, 1.165) is 6.07 Å². The fourth-order valence-electron chi connectivity index (χ4n) is 2.53. The summed E-state index contributed by atoms with van der Waals surface area (Å²) in [6.45, 7) is 3.95. The zero-order valence-electron chi connectivity index (χ0n) is 15.1. The number of amides is 1. The molecule has 150 valence electrons. The van der Waals surface area contributed by atoms with E-state index in [4.69, 9.17) is 14.3 Å². The van der Waals surface area contributed by atoms with Gasteiger partial charge in [-0.3, -0.25) is 9.63 Å². The van der Waals surface area contributed by atoms with Crippen molar-refractivity contribution in [1.29, 1.82) is 0 Å². The maximum Gasteiger partial charge on any atom is 0.278 e. The first kappa shape index (κ1) is 20.8. The molecule has 1 aromatic heterocycles. The Morgan fingerprint density at radius 1 is 1.36 bits per heavy atom. The average molecular weight is 505 g/mol. The van der Waals surface area contributed by atoms with Crippen LogP contribution < -0.4 is 10.8 Å². The molecule has 0 saturated carbocycles. The third-order valence-corrected chi connectivity index (χ3v) is 4.46. The summed E-state index contributed by atoms with van der Waals surface area (Å²) in [6.07, 6.45) is -0.333. The normalized spacial score (nSPS) is 18.1. The number of hydrogen-bond acceptors (Lipinski definition) is 6. The molecule has 2 heterocycles. The molecule has 2 aromatic rings. The van der Waals surface area contributed by atoms with Gasteiger partial charge in [0, 0.05) is 3.57 Å². The number of carbonyl (C=O) groups excluding carboxylic acids is 1. The van der Waals surface area contributed by atoms with E-state index in [9.17, 15) is 13.6 Å². The lowest BCUT2D eigenvalue weighted by atomic mass is 10.2. The van der Waals surface area contributed by atoms with Gasteiger partial charge in [0.1, 0.15) is 24.3 Å². The number of halogens is 3. The van der Waals surface area contributed by atoms with Crippen molar-refractivity contribution in [3.8, 4) is 0 Å². The number of hydrogen-bond donors (Lipinski definition) is 2. The molecule has 1 aliphatic heterocycles. The maximum atomic E-state index is 14.1. The second kappa shape index (κ2) is 8.64. The number of nitrogens with zero attached hydrogens (tertiary/aromatic N) is 1. The van der Waals surface area contributed by atoms with Crippen LogP contribution in [0.3, 0.4) is 0 Å². The molecular weight excluding hydrogens is 487 g/mol. The highest BCUT2D eigenvalue weighted by Gasteiger charge is 2.33. The van der Waals surface area contributed by atoms with Crippen molar-refractivity contribution in [2.75, 3.05) is 18.5 Å². The van der Waals surface area contributed by atoms with E-state index in [-0.39, 0.29) is 29.8 Å². The first-order valence-electron chi connectivity index (χ1n) is 8.36. The monoisotopic (exact) mass is 505 g/mol. The molecule has 1 saturated heterocycles. The smallest absolute Gasteiger partial charge is 0.278 e.